The Hall–Kier alpha value is -2.56. The second kappa shape index (κ2) is 4.61. The van der Waals surface area contributed by atoms with Gasteiger partial charge in [0.25, 0.3) is 0 Å². The van der Waals surface area contributed by atoms with Crippen molar-refractivity contribution in [3.05, 3.63) is 52.8 Å². The summed E-state index contributed by atoms with van der Waals surface area (Å²) in [4.78, 5) is 22.4. The Bertz CT molecular complexity index is 618. The minimum Gasteiger partial charge on any atom is -0.477 e. The molecule has 2 aromatic rings. The normalized spacial score (nSPS) is 10.4. The van der Waals surface area contributed by atoms with Crippen molar-refractivity contribution in [2.75, 3.05) is 0 Å². The number of carboxylic acids is 2. The van der Waals surface area contributed by atoms with E-state index in [1.807, 2.05) is 19.9 Å². The average Bonchev–Trinajstić information content (AvgIpc) is 2.71. The Kier molecular flexibility index (Phi) is 3.12. The van der Waals surface area contributed by atoms with E-state index in [9.17, 15) is 9.59 Å². The van der Waals surface area contributed by atoms with Gasteiger partial charge in [0.2, 0.25) is 0 Å². The largest absolute Gasteiger partial charge is 0.477 e. The predicted molar refractivity (Wildman–Crippen MR) is 69.2 cm³/mol. The van der Waals surface area contributed by atoms with Crippen LogP contribution in [0.15, 0.2) is 30.3 Å². The molecule has 0 aliphatic rings. The fourth-order valence-electron chi connectivity index (χ4n) is 2.13. The van der Waals surface area contributed by atoms with Gasteiger partial charge < -0.3 is 10.2 Å². The van der Waals surface area contributed by atoms with Gasteiger partial charge in [0.1, 0.15) is 11.4 Å². The first-order chi connectivity index (χ1) is 8.90. The number of benzene rings is 1. The number of nitrogens with zero attached hydrogens (tertiary/aromatic N) is 1. The van der Waals surface area contributed by atoms with Crippen LogP contribution in [0.1, 0.15) is 32.1 Å². The quantitative estimate of drug-likeness (QED) is 0.887. The Morgan fingerprint density at radius 2 is 1.32 bits per heavy atom. The first-order valence-electron chi connectivity index (χ1n) is 5.67. The van der Waals surface area contributed by atoms with Crippen LogP contribution in [0.5, 0.6) is 0 Å². The fraction of sp³-hybridized carbons (Fsp3) is 0.143. The maximum absolute atomic E-state index is 11.2. The van der Waals surface area contributed by atoms with Crippen molar-refractivity contribution in [3.63, 3.8) is 0 Å². The van der Waals surface area contributed by atoms with Crippen molar-refractivity contribution >= 4 is 11.9 Å². The first-order valence-corrected chi connectivity index (χ1v) is 5.67. The monoisotopic (exact) mass is 259 g/mol. The number of rotatable bonds is 3. The number of hydrogen-bond acceptors (Lipinski definition) is 2. The summed E-state index contributed by atoms with van der Waals surface area (Å²) in [6.45, 7) is 3.75. The lowest BCUT2D eigenvalue weighted by atomic mass is 10.1. The van der Waals surface area contributed by atoms with Gasteiger partial charge in [-0.1, -0.05) is 6.07 Å². The molecule has 2 N–H and O–H groups in total. The summed E-state index contributed by atoms with van der Waals surface area (Å²) in [6.07, 6.45) is 0. The van der Waals surface area contributed by atoms with Gasteiger partial charge in [-0.05, 0) is 49.2 Å². The highest BCUT2D eigenvalue weighted by atomic mass is 16.4. The Morgan fingerprint density at radius 1 is 0.895 bits per heavy atom. The summed E-state index contributed by atoms with van der Waals surface area (Å²) in [5.41, 5.74) is 2.29. The number of aryl methyl sites for hydroxylation is 2. The van der Waals surface area contributed by atoms with E-state index in [2.05, 4.69) is 0 Å². The molecule has 0 aliphatic heterocycles. The van der Waals surface area contributed by atoms with Gasteiger partial charge in [-0.2, -0.15) is 0 Å². The molecule has 2 rings (SSSR count). The Morgan fingerprint density at radius 3 is 1.68 bits per heavy atom. The summed E-state index contributed by atoms with van der Waals surface area (Å²) in [6, 6.07) is 8.04. The van der Waals surface area contributed by atoms with E-state index >= 15 is 0 Å². The zero-order valence-electron chi connectivity index (χ0n) is 10.5. The van der Waals surface area contributed by atoms with Gasteiger partial charge in [-0.25, -0.2) is 9.59 Å². The van der Waals surface area contributed by atoms with Gasteiger partial charge in [0.05, 0.1) is 0 Å². The zero-order valence-corrected chi connectivity index (χ0v) is 10.5. The SMILES string of the molecule is Cc1cc(C)cc(-n2c(C(=O)O)ccc2C(=O)O)c1. The number of aromatic carboxylic acids is 2. The standard InChI is InChI=1S/C14H13NO4/c1-8-5-9(2)7-10(6-8)15-11(13(16)17)3-4-12(15)14(18)19/h3-7H,1-2H3,(H,16,17)(H,18,19). The summed E-state index contributed by atoms with van der Waals surface area (Å²) in [7, 11) is 0. The van der Waals surface area contributed by atoms with Crippen LogP contribution in [0.2, 0.25) is 0 Å². The van der Waals surface area contributed by atoms with Crippen molar-refractivity contribution in [1.82, 2.24) is 4.57 Å². The Balaban J connectivity index is 2.75. The molecule has 0 aliphatic carbocycles. The summed E-state index contributed by atoms with van der Waals surface area (Å²) >= 11 is 0. The van der Waals surface area contributed by atoms with E-state index in [4.69, 9.17) is 10.2 Å². The third kappa shape index (κ3) is 2.35. The average molecular weight is 259 g/mol. The van der Waals surface area contributed by atoms with Crippen LogP contribution in [0.4, 0.5) is 0 Å². The molecule has 1 heterocycles. The van der Waals surface area contributed by atoms with Gasteiger partial charge >= 0.3 is 11.9 Å². The van der Waals surface area contributed by atoms with Gasteiger partial charge in [0.15, 0.2) is 0 Å². The van der Waals surface area contributed by atoms with Crippen LogP contribution in [-0.4, -0.2) is 26.7 Å². The molecule has 1 aromatic carbocycles. The highest BCUT2D eigenvalue weighted by Gasteiger charge is 2.19. The predicted octanol–water partition coefficient (Wildman–Crippen LogP) is 2.49. The molecule has 5 heteroatoms. The summed E-state index contributed by atoms with van der Waals surface area (Å²) < 4.78 is 1.24. The smallest absolute Gasteiger partial charge is 0.352 e. The van der Waals surface area contributed by atoms with Crippen LogP contribution in [0, 0.1) is 13.8 Å². The molecule has 1 aromatic heterocycles. The molecule has 0 amide bonds. The van der Waals surface area contributed by atoms with Crippen molar-refractivity contribution < 1.29 is 19.8 Å². The molecular weight excluding hydrogens is 246 g/mol. The van der Waals surface area contributed by atoms with Gasteiger partial charge in [-0.3, -0.25) is 4.57 Å². The minimum atomic E-state index is -1.16. The van der Waals surface area contributed by atoms with Crippen LogP contribution in [0.3, 0.4) is 0 Å². The van der Waals surface area contributed by atoms with Crippen molar-refractivity contribution in [1.29, 1.82) is 0 Å². The fourth-order valence-corrected chi connectivity index (χ4v) is 2.13. The van der Waals surface area contributed by atoms with E-state index in [0.29, 0.717) is 5.69 Å². The zero-order chi connectivity index (χ0) is 14.2. The molecule has 0 saturated heterocycles. The Labute approximate surface area is 109 Å². The maximum Gasteiger partial charge on any atom is 0.352 e. The highest BCUT2D eigenvalue weighted by molar-refractivity contribution is 5.93. The van der Waals surface area contributed by atoms with E-state index in [1.54, 1.807) is 12.1 Å². The number of aromatic nitrogens is 1. The molecule has 5 nitrogen and oxygen atoms in total. The van der Waals surface area contributed by atoms with Crippen molar-refractivity contribution in [2.45, 2.75) is 13.8 Å². The second-order valence-corrected chi connectivity index (χ2v) is 4.40. The van der Waals surface area contributed by atoms with Crippen LogP contribution < -0.4 is 0 Å². The topological polar surface area (TPSA) is 79.5 Å². The van der Waals surface area contributed by atoms with Crippen LogP contribution in [-0.2, 0) is 0 Å². The van der Waals surface area contributed by atoms with Crippen LogP contribution >= 0.6 is 0 Å². The number of carboxylic acid groups (broad SMARTS) is 2. The van der Waals surface area contributed by atoms with Gasteiger partial charge in [-0.15, -0.1) is 0 Å². The lowest BCUT2D eigenvalue weighted by Crippen LogP contribution is -2.12. The molecule has 0 atom stereocenters. The molecule has 98 valence electrons. The molecule has 0 spiro atoms. The summed E-state index contributed by atoms with van der Waals surface area (Å²) in [5.74, 6) is -2.32. The number of hydrogen-bond donors (Lipinski definition) is 2. The van der Waals surface area contributed by atoms with Gasteiger partial charge in [0, 0.05) is 5.69 Å². The minimum absolute atomic E-state index is 0.0672. The van der Waals surface area contributed by atoms with Crippen molar-refractivity contribution in [2.24, 2.45) is 0 Å². The van der Waals surface area contributed by atoms with Crippen molar-refractivity contribution in [3.8, 4) is 5.69 Å². The lowest BCUT2D eigenvalue weighted by molar-refractivity contribution is 0.0683. The maximum atomic E-state index is 11.2. The number of carbonyl (C=O) groups is 2. The van der Waals surface area contributed by atoms with E-state index in [1.165, 1.54) is 16.7 Å². The second-order valence-electron chi connectivity index (χ2n) is 4.40. The molecular formula is C14H13NO4. The molecule has 0 saturated carbocycles. The molecule has 0 radical (unpaired) electrons. The third-order valence-electron chi connectivity index (χ3n) is 2.78. The van der Waals surface area contributed by atoms with E-state index < -0.39 is 11.9 Å². The molecule has 19 heavy (non-hydrogen) atoms. The van der Waals surface area contributed by atoms with Crippen LogP contribution in [0.25, 0.3) is 5.69 Å². The molecule has 0 unspecified atom stereocenters. The van der Waals surface area contributed by atoms with E-state index in [-0.39, 0.29) is 11.4 Å². The summed E-state index contributed by atoms with van der Waals surface area (Å²) in [5, 5.41) is 18.3. The first kappa shape index (κ1) is 12.9. The molecule has 0 bridgehead atoms. The molecule has 0 fully saturated rings. The third-order valence-corrected chi connectivity index (χ3v) is 2.78. The lowest BCUT2D eigenvalue weighted by Gasteiger charge is -2.11. The van der Waals surface area contributed by atoms with E-state index in [0.717, 1.165) is 11.1 Å². The highest BCUT2D eigenvalue weighted by Crippen LogP contribution is 2.20.